The van der Waals surface area contributed by atoms with E-state index in [0.29, 0.717) is 17.6 Å². The van der Waals surface area contributed by atoms with E-state index < -0.39 is 0 Å². The van der Waals surface area contributed by atoms with Crippen LogP contribution in [0.4, 0.5) is 5.82 Å². The van der Waals surface area contributed by atoms with Gasteiger partial charge in [0.05, 0.1) is 17.8 Å². The van der Waals surface area contributed by atoms with Crippen LogP contribution < -0.4 is 21.3 Å². The molecule has 1 atom stereocenters. The number of fused-ring (bicyclic) bond motifs is 1. The molecule has 0 radical (unpaired) electrons. The lowest BCUT2D eigenvalue weighted by molar-refractivity contribution is 0.358. The molecule has 3 aliphatic rings. The first-order valence-electron chi connectivity index (χ1n) is 14.9. The quantitative estimate of drug-likeness (QED) is 0.312. The summed E-state index contributed by atoms with van der Waals surface area (Å²) in [6.07, 6.45) is 24.4. The van der Waals surface area contributed by atoms with Crippen molar-refractivity contribution in [2.45, 2.75) is 64.3 Å². The van der Waals surface area contributed by atoms with Gasteiger partial charge in [0, 0.05) is 67.9 Å². The Labute approximate surface area is 243 Å². The number of rotatable bonds is 8. The third-order valence-electron chi connectivity index (χ3n) is 8.02. The molecule has 9 nitrogen and oxygen atoms in total. The summed E-state index contributed by atoms with van der Waals surface area (Å²) in [7, 11) is 0. The van der Waals surface area contributed by atoms with Crippen molar-refractivity contribution in [2.24, 2.45) is 10.8 Å². The Morgan fingerprint density at radius 3 is 2.73 bits per heavy atom. The minimum Gasteiger partial charge on any atom is -0.385 e. The molecule has 0 aromatic carbocycles. The van der Waals surface area contributed by atoms with E-state index in [1.54, 1.807) is 12.3 Å². The zero-order chi connectivity index (χ0) is 28.6. The van der Waals surface area contributed by atoms with Gasteiger partial charge in [-0.2, -0.15) is 5.10 Å². The first-order chi connectivity index (χ1) is 20.1. The fourth-order valence-corrected chi connectivity index (χ4v) is 5.93. The van der Waals surface area contributed by atoms with Gasteiger partial charge in [-0.3, -0.25) is 9.99 Å². The van der Waals surface area contributed by atoms with Gasteiger partial charge in [-0.25, -0.2) is 9.97 Å². The normalized spacial score (nSPS) is 21.3. The van der Waals surface area contributed by atoms with Crippen molar-refractivity contribution in [3.63, 3.8) is 0 Å². The molecular weight excluding hydrogens is 510 g/mol. The molecule has 1 aliphatic carbocycles. The summed E-state index contributed by atoms with van der Waals surface area (Å²) in [5, 5.41) is 14.3. The van der Waals surface area contributed by atoms with Crippen LogP contribution in [0.1, 0.15) is 69.7 Å². The summed E-state index contributed by atoms with van der Waals surface area (Å²) < 4.78 is 0. The van der Waals surface area contributed by atoms with Gasteiger partial charge in [0.25, 0.3) is 0 Å². The smallest absolute Gasteiger partial charge is 0.162 e. The molecule has 2 fully saturated rings. The van der Waals surface area contributed by atoms with Crippen LogP contribution in [-0.4, -0.2) is 58.4 Å². The van der Waals surface area contributed by atoms with Crippen LogP contribution in [0.15, 0.2) is 72.2 Å². The number of hydrazone groups is 1. The molecule has 1 saturated carbocycles. The molecule has 2 aromatic rings. The van der Waals surface area contributed by atoms with Crippen molar-refractivity contribution < 1.29 is 0 Å². The zero-order valence-corrected chi connectivity index (χ0v) is 24.4. The highest BCUT2D eigenvalue weighted by Crippen LogP contribution is 2.39. The molecule has 1 unspecified atom stereocenters. The molecule has 216 valence electrons. The molecule has 41 heavy (non-hydrogen) atoms. The van der Waals surface area contributed by atoms with Crippen LogP contribution in [-0.2, 0) is 0 Å². The Hall–Kier alpha value is -3.98. The van der Waals surface area contributed by atoms with E-state index in [-0.39, 0.29) is 6.04 Å². The Bertz CT molecular complexity index is 1380. The summed E-state index contributed by atoms with van der Waals surface area (Å²) in [5.74, 6) is 2.72. The Morgan fingerprint density at radius 1 is 1.17 bits per heavy atom. The molecule has 1 saturated heterocycles. The number of anilines is 1. The average molecular weight is 554 g/mol. The second-order valence-electron chi connectivity index (χ2n) is 10.9. The zero-order valence-electron chi connectivity index (χ0n) is 24.4. The van der Waals surface area contributed by atoms with Crippen molar-refractivity contribution in [1.29, 1.82) is 0 Å². The minimum absolute atomic E-state index is 0.0673. The van der Waals surface area contributed by atoms with Crippen molar-refractivity contribution >= 4 is 28.5 Å². The monoisotopic (exact) mass is 553 g/mol. The van der Waals surface area contributed by atoms with Gasteiger partial charge in [0.1, 0.15) is 11.6 Å². The van der Waals surface area contributed by atoms with E-state index in [4.69, 9.17) is 15.7 Å². The maximum absolute atomic E-state index is 6.55. The summed E-state index contributed by atoms with van der Waals surface area (Å²) >= 11 is 0. The summed E-state index contributed by atoms with van der Waals surface area (Å²) in [6.45, 7) is 11.5. The number of hydrogen-bond acceptors (Lipinski definition) is 9. The second-order valence-corrected chi connectivity index (χ2v) is 10.9. The SMILES string of the molecule is C=C/C=N\N1C=CCC(N/C(N)=C/C(=C\C)c2nc(N3CCNCC3)c3c(C4CCCCC4)cncc3n2)=CC1C. The van der Waals surface area contributed by atoms with E-state index >= 15 is 0 Å². The Kier molecular flexibility index (Phi) is 9.46. The predicted molar refractivity (Wildman–Crippen MR) is 169 cm³/mol. The highest BCUT2D eigenvalue weighted by Gasteiger charge is 2.25. The first-order valence-corrected chi connectivity index (χ1v) is 14.9. The van der Waals surface area contributed by atoms with Gasteiger partial charge >= 0.3 is 0 Å². The minimum atomic E-state index is 0.0673. The van der Waals surface area contributed by atoms with E-state index in [2.05, 4.69) is 57.5 Å². The topological polar surface area (TPSA) is 108 Å². The third-order valence-corrected chi connectivity index (χ3v) is 8.02. The maximum Gasteiger partial charge on any atom is 0.162 e. The molecule has 9 heteroatoms. The number of nitrogens with two attached hydrogens (primary N) is 1. The van der Waals surface area contributed by atoms with E-state index in [9.17, 15) is 0 Å². The molecule has 0 spiro atoms. The lowest BCUT2D eigenvalue weighted by Gasteiger charge is -2.31. The van der Waals surface area contributed by atoms with Gasteiger partial charge in [-0.05, 0) is 56.4 Å². The standard InChI is InChI=1S/C32H43N9/c1-4-13-36-41-16-9-12-26(19-23(41)3)37-29(33)20-24(5-2)31-38-28-22-35-21-27(25-10-7-6-8-11-25)30(28)32(39-31)40-17-14-34-15-18-40/h4-5,9,13,16,19-23,25,34,37H,1,6-8,10-12,14-15,17-18,33H2,2-3H3/b24-5+,29-20+,36-13-. The van der Waals surface area contributed by atoms with Crippen molar-refractivity contribution in [3.05, 3.63) is 78.5 Å². The van der Waals surface area contributed by atoms with Crippen LogP contribution in [0, 0.1) is 0 Å². The average Bonchev–Trinajstić information content (AvgIpc) is 3.18. The first kappa shape index (κ1) is 28.5. The summed E-state index contributed by atoms with van der Waals surface area (Å²) in [5.41, 5.74) is 10.6. The molecule has 4 N–H and O–H groups in total. The van der Waals surface area contributed by atoms with Crippen LogP contribution >= 0.6 is 0 Å². The lowest BCUT2D eigenvalue weighted by Crippen LogP contribution is -2.44. The predicted octanol–water partition coefficient (Wildman–Crippen LogP) is 4.94. The van der Waals surface area contributed by atoms with Gasteiger partial charge < -0.3 is 21.3 Å². The number of allylic oxidation sites excluding steroid dienone is 5. The van der Waals surface area contributed by atoms with Crippen molar-refractivity contribution in [3.8, 4) is 0 Å². The van der Waals surface area contributed by atoms with Gasteiger partial charge in [-0.1, -0.05) is 38.0 Å². The Morgan fingerprint density at radius 2 is 1.98 bits per heavy atom. The van der Waals surface area contributed by atoms with Gasteiger partial charge in [0.2, 0.25) is 0 Å². The van der Waals surface area contributed by atoms with Crippen LogP contribution in [0.25, 0.3) is 16.5 Å². The van der Waals surface area contributed by atoms with E-state index in [1.807, 2.05) is 36.5 Å². The van der Waals surface area contributed by atoms with Gasteiger partial charge in [0.15, 0.2) is 5.82 Å². The van der Waals surface area contributed by atoms with Crippen molar-refractivity contribution in [1.82, 2.24) is 30.6 Å². The molecule has 0 bridgehead atoms. The second kappa shape index (κ2) is 13.6. The molecule has 0 amide bonds. The number of nitrogens with one attached hydrogen (secondary N) is 2. The number of hydrogen-bond donors (Lipinski definition) is 3. The third kappa shape index (κ3) is 6.85. The fraction of sp³-hybridized carbons (Fsp3) is 0.438. The molecule has 2 aromatic heterocycles. The number of nitrogens with zero attached hydrogens (tertiary/aromatic N) is 6. The highest BCUT2D eigenvalue weighted by molar-refractivity contribution is 5.94. The molecule has 5 rings (SSSR count). The van der Waals surface area contributed by atoms with E-state index in [0.717, 1.165) is 60.6 Å². The van der Waals surface area contributed by atoms with Crippen LogP contribution in [0.5, 0.6) is 0 Å². The van der Waals surface area contributed by atoms with Crippen LogP contribution in [0.2, 0.25) is 0 Å². The Balaban J connectivity index is 1.47. The lowest BCUT2D eigenvalue weighted by atomic mass is 9.83. The van der Waals surface area contributed by atoms with Crippen LogP contribution in [0.3, 0.4) is 0 Å². The van der Waals surface area contributed by atoms with Gasteiger partial charge in [-0.15, -0.1) is 0 Å². The van der Waals surface area contributed by atoms with Crippen molar-refractivity contribution in [2.75, 3.05) is 31.1 Å². The largest absolute Gasteiger partial charge is 0.385 e. The fourth-order valence-electron chi connectivity index (χ4n) is 5.93. The molecule has 4 heterocycles. The summed E-state index contributed by atoms with van der Waals surface area (Å²) in [6, 6.07) is 0.0673. The molecular formula is C32H43N9. The summed E-state index contributed by atoms with van der Waals surface area (Å²) in [4.78, 5) is 17.3. The molecule has 2 aliphatic heterocycles. The number of piperazine rings is 1. The highest BCUT2D eigenvalue weighted by atomic mass is 15.5. The number of pyridine rings is 1. The maximum atomic E-state index is 6.55. The van der Waals surface area contributed by atoms with E-state index in [1.165, 1.54) is 37.7 Å². The number of aromatic nitrogens is 3.